The second-order valence-corrected chi connectivity index (χ2v) is 6.87. The van der Waals surface area contributed by atoms with Crippen molar-refractivity contribution in [1.82, 2.24) is 10.6 Å². The zero-order chi connectivity index (χ0) is 16.9. The summed E-state index contributed by atoms with van der Waals surface area (Å²) in [5, 5.41) is 6.67. The molecule has 1 aromatic rings. The molecule has 132 valence electrons. The predicted molar refractivity (Wildman–Crippen MR) is 93.3 cm³/mol. The fourth-order valence-corrected chi connectivity index (χ4v) is 3.97. The van der Waals surface area contributed by atoms with Crippen molar-refractivity contribution >= 4 is 5.91 Å². The third-order valence-electron chi connectivity index (χ3n) is 5.06. The highest BCUT2D eigenvalue weighted by atomic mass is 16.5. The van der Waals surface area contributed by atoms with Crippen molar-refractivity contribution < 1.29 is 14.3 Å². The monoisotopic (exact) mass is 332 g/mol. The van der Waals surface area contributed by atoms with E-state index in [1.165, 1.54) is 12.8 Å². The normalized spacial score (nSPS) is 25.3. The van der Waals surface area contributed by atoms with Gasteiger partial charge in [-0.05, 0) is 56.2 Å². The lowest BCUT2D eigenvalue weighted by Crippen LogP contribution is -2.39. The summed E-state index contributed by atoms with van der Waals surface area (Å²) in [5.74, 6) is 2.12. The summed E-state index contributed by atoms with van der Waals surface area (Å²) in [7, 11) is 1.63. The average molecular weight is 332 g/mol. The van der Waals surface area contributed by atoms with Crippen LogP contribution in [0, 0.1) is 5.92 Å². The maximum Gasteiger partial charge on any atom is 0.220 e. The van der Waals surface area contributed by atoms with Gasteiger partial charge in [0.15, 0.2) is 11.5 Å². The van der Waals surface area contributed by atoms with Gasteiger partial charge in [0, 0.05) is 25.0 Å². The van der Waals surface area contributed by atoms with Gasteiger partial charge in [-0.25, -0.2) is 0 Å². The first-order valence-electron chi connectivity index (χ1n) is 9.00. The molecule has 2 bridgehead atoms. The molecule has 0 aromatic heterocycles. The van der Waals surface area contributed by atoms with Crippen LogP contribution in [0.1, 0.15) is 44.6 Å². The molecule has 0 saturated carbocycles. The molecule has 2 N–H and O–H groups in total. The fourth-order valence-electron chi connectivity index (χ4n) is 3.97. The molecule has 2 unspecified atom stereocenters. The number of fused-ring (bicyclic) bond motifs is 2. The van der Waals surface area contributed by atoms with Gasteiger partial charge in [-0.3, -0.25) is 4.79 Å². The van der Waals surface area contributed by atoms with E-state index in [1.807, 2.05) is 25.1 Å². The smallest absolute Gasteiger partial charge is 0.220 e. The van der Waals surface area contributed by atoms with Gasteiger partial charge in [0.05, 0.1) is 13.7 Å². The number of carbonyl (C=O) groups is 1. The van der Waals surface area contributed by atoms with Gasteiger partial charge >= 0.3 is 0 Å². The topological polar surface area (TPSA) is 59.6 Å². The molecule has 2 atom stereocenters. The van der Waals surface area contributed by atoms with Crippen molar-refractivity contribution in [3.8, 4) is 11.5 Å². The minimum absolute atomic E-state index is 0.147. The van der Waals surface area contributed by atoms with Crippen LogP contribution < -0.4 is 20.1 Å². The first-order chi connectivity index (χ1) is 11.7. The fraction of sp³-hybridized carbons (Fsp3) is 0.632. The Bertz CT molecular complexity index is 564. The van der Waals surface area contributed by atoms with Crippen molar-refractivity contribution in [2.24, 2.45) is 5.92 Å². The Kier molecular flexibility index (Phi) is 5.61. The number of piperidine rings is 1. The third kappa shape index (κ3) is 4.20. The first kappa shape index (κ1) is 17.1. The second-order valence-electron chi connectivity index (χ2n) is 6.87. The van der Waals surface area contributed by atoms with Crippen molar-refractivity contribution in [2.75, 3.05) is 13.7 Å². The molecule has 1 amide bonds. The number of nitrogens with one attached hydrogen (secondary N) is 2. The Balaban J connectivity index is 1.49. The molecule has 2 saturated heterocycles. The van der Waals surface area contributed by atoms with Gasteiger partial charge in [0.2, 0.25) is 5.91 Å². The van der Waals surface area contributed by atoms with Crippen LogP contribution in [-0.4, -0.2) is 31.7 Å². The number of hydrogen-bond donors (Lipinski definition) is 2. The van der Waals surface area contributed by atoms with Crippen molar-refractivity contribution in [2.45, 2.75) is 57.7 Å². The Hall–Kier alpha value is -1.75. The van der Waals surface area contributed by atoms with Crippen LogP contribution in [0.3, 0.4) is 0 Å². The molecule has 3 rings (SSSR count). The summed E-state index contributed by atoms with van der Waals surface area (Å²) >= 11 is 0. The number of carbonyl (C=O) groups excluding carboxylic acids is 1. The number of benzene rings is 1. The molecule has 2 fully saturated rings. The molecule has 0 aliphatic carbocycles. The summed E-state index contributed by atoms with van der Waals surface area (Å²) in [5.41, 5.74) is 1.02. The number of methoxy groups -OCH3 is 1. The Morgan fingerprint density at radius 3 is 2.67 bits per heavy atom. The van der Waals surface area contributed by atoms with Gasteiger partial charge in [-0.1, -0.05) is 6.07 Å². The largest absolute Gasteiger partial charge is 0.493 e. The van der Waals surface area contributed by atoms with Gasteiger partial charge < -0.3 is 20.1 Å². The highest BCUT2D eigenvalue weighted by Crippen LogP contribution is 2.32. The molecule has 24 heavy (non-hydrogen) atoms. The zero-order valence-corrected chi connectivity index (χ0v) is 14.6. The zero-order valence-electron chi connectivity index (χ0n) is 14.6. The molecular formula is C19H28N2O3. The lowest BCUT2D eigenvalue weighted by atomic mass is 9.89. The van der Waals surface area contributed by atoms with E-state index in [2.05, 4.69) is 10.6 Å². The van der Waals surface area contributed by atoms with E-state index in [9.17, 15) is 4.79 Å². The van der Waals surface area contributed by atoms with E-state index in [-0.39, 0.29) is 5.91 Å². The van der Waals surface area contributed by atoms with Crippen LogP contribution in [0.4, 0.5) is 0 Å². The van der Waals surface area contributed by atoms with Crippen LogP contribution in [-0.2, 0) is 11.3 Å². The van der Waals surface area contributed by atoms with Gasteiger partial charge in [-0.15, -0.1) is 0 Å². The van der Waals surface area contributed by atoms with Crippen LogP contribution in [0.25, 0.3) is 0 Å². The highest BCUT2D eigenvalue weighted by molar-refractivity contribution is 5.76. The van der Waals surface area contributed by atoms with E-state index in [1.54, 1.807) is 7.11 Å². The third-order valence-corrected chi connectivity index (χ3v) is 5.06. The summed E-state index contributed by atoms with van der Waals surface area (Å²) < 4.78 is 10.9. The molecule has 2 aliphatic rings. The second kappa shape index (κ2) is 7.88. The van der Waals surface area contributed by atoms with Crippen LogP contribution >= 0.6 is 0 Å². The summed E-state index contributed by atoms with van der Waals surface area (Å²) in [6.45, 7) is 3.07. The van der Waals surface area contributed by atoms with Crippen molar-refractivity contribution in [1.29, 1.82) is 0 Å². The number of ether oxygens (including phenoxy) is 2. The van der Waals surface area contributed by atoms with E-state index in [4.69, 9.17) is 9.47 Å². The van der Waals surface area contributed by atoms with E-state index >= 15 is 0 Å². The summed E-state index contributed by atoms with van der Waals surface area (Å²) in [6, 6.07) is 7.07. The minimum Gasteiger partial charge on any atom is -0.493 e. The lowest BCUT2D eigenvalue weighted by Gasteiger charge is -2.28. The summed E-state index contributed by atoms with van der Waals surface area (Å²) in [6.07, 6.45) is 5.47. The minimum atomic E-state index is 0.147. The van der Waals surface area contributed by atoms with Gasteiger partial charge in [0.1, 0.15) is 0 Å². The molecule has 1 aromatic carbocycles. The quantitative estimate of drug-likeness (QED) is 0.806. The van der Waals surface area contributed by atoms with Crippen LogP contribution in [0.2, 0.25) is 0 Å². The number of hydrogen-bond acceptors (Lipinski definition) is 4. The van der Waals surface area contributed by atoms with Crippen LogP contribution in [0.15, 0.2) is 18.2 Å². The van der Waals surface area contributed by atoms with E-state index in [0.717, 1.165) is 24.2 Å². The van der Waals surface area contributed by atoms with Crippen LogP contribution in [0.5, 0.6) is 11.5 Å². The Labute approximate surface area is 144 Å². The average Bonchev–Trinajstić information content (AvgIpc) is 2.92. The number of rotatable bonds is 7. The van der Waals surface area contributed by atoms with Crippen molar-refractivity contribution in [3.05, 3.63) is 23.8 Å². The first-order valence-corrected chi connectivity index (χ1v) is 9.00. The predicted octanol–water partition coefficient (Wildman–Crippen LogP) is 2.63. The molecular weight excluding hydrogens is 304 g/mol. The molecule has 2 heterocycles. The van der Waals surface area contributed by atoms with Gasteiger partial charge in [-0.2, -0.15) is 0 Å². The van der Waals surface area contributed by atoms with Crippen molar-refractivity contribution in [3.63, 3.8) is 0 Å². The molecule has 0 spiro atoms. The summed E-state index contributed by atoms with van der Waals surface area (Å²) in [4.78, 5) is 12.3. The highest BCUT2D eigenvalue weighted by Gasteiger charge is 2.34. The molecule has 0 radical (unpaired) electrons. The lowest BCUT2D eigenvalue weighted by molar-refractivity contribution is -0.122. The molecule has 2 aliphatic heterocycles. The maximum absolute atomic E-state index is 12.3. The SMILES string of the molecule is CCOc1ccc(CNC(=O)CC2CC3CCC(C2)N3)cc1OC. The van der Waals surface area contributed by atoms with E-state index < -0.39 is 0 Å². The molecule has 5 nitrogen and oxygen atoms in total. The standard InChI is InChI=1S/C19H28N2O3/c1-3-24-17-7-4-13(10-18(17)23-2)12-20-19(22)11-14-8-15-5-6-16(9-14)21-15/h4,7,10,14-16,21H,3,5-6,8-9,11-12H2,1-2H3,(H,20,22). The Morgan fingerprint density at radius 2 is 2.00 bits per heavy atom. The molecule has 5 heteroatoms. The van der Waals surface area contributed by atoms with Gasteiger partial charge in [0.25, 0.3) is 0 Å². The maximum atomic E-state index is 12.3. The number of amides is 1. The Morgan fingerprint density at radius 1 is 1.25 bits per heavy atom. The van der Waals surface area contributed by atoms with E-state index in [0.29, 0.717) is 43.3 Å².